The molecule has 0 spiro atoms. The van der Waals surface area contributed by atoms with Crippen molar-refractivity contribution in [3.63, 3.8) is 0 Å². The molecular weight excluding hydrogens is 221 g/mol. The Balaban J connectivity index is 2.16. The summed E-state index contributed by atoms with van der Waals surface area (Å²) in [6.45, 7) is 0.812. The molecule has 1 heterocycles. The van der Waals surface area contributed by atoms with E-state index in [1.807, 2.05) is 0 Å². The van der Waals surface area contributed by atoms with Crippen LogP contribution in [0.15, 0.2) is 18.2 Å². The van der Waals surface area contributed by atoms with Gasteiger partial charge in [-0.1, -0.05) is 6.07 Å². The van der Waals surface area contributed by atoms with E-state index in [0.717, 1.165) is 19.4 Å². The molecule has 0 aromatic heterocycles. The highest BCUT2D eigenvalue weighted by Gasteiger charge is 2.22. The second kappa shape index (κ2) is 4.93. The maximum atomic E-state index is 13.3. The van der Waals surface area contributed by atoms with Gasteiger partial charge in [0.15, 0.2) is 0 Å². The molecule has 0 saturated carbocycles. The summed E-state index contributed by atoms with van der Waals surface area (Å²) in [6, 6.07) is 5.69. The number of anilines is 1. The summed E-state index contributed by atoms with van der Waals surface area (Å²) in [7, 11) is 0. The molecule has 0 radical (unpaired) electrons. The van der Waals surface area contributed by atoms with Crippen molar-refractivity contribution in [3.05, 3.63) is 29.6 Å². The zero-order valence-electron chi connectivity index (χ0n) is 9.16. The fourth-order valence-corrected chi connectivity index (χ4v) is 1.87. The first-order chi connectivity index (χ1) is 8.22. The van der Waals surface area contributed by atoms with Gasteiger partial charge in [0.2, 0.25) is 5.91 Å². The second-order valence-electron chi connectivity index (χ2n) is 3.91. The lowest BCUT2D eigenvalue weighted by atomic mass is 10.1. The molecule has 1 aliphatic heterocycles. The summed E-state index contributed by atoms with van der Waals surface area (Å²) in [5.41, 5.74) is 0.102. The largest absolute Gasteiger partial charge is 0.323 e. The molecule has 1 aromatic rings. The number of halogens is 1. The van der Waals surface area contributed by atoms with Gasteiger partial charge in [-0.15, -0.1) is 0 Å². The quantitative estimate of drug-likeness (QED) is 0.811. The first kappa shape index (κ1) is 11.6. The van der Waals surface area contributed by atoms with Crippen molar-refractivity contribution >= 4 is 11.6 Å². The lowest BCUT2D eigenvalue weighted by molar-refractivity contribution is -0.117. The Labute approximate surface area is 98.4 Å². The molecule has 1 unspecified atom stereocenters. The predicted molar refractivity (Wildman–Crippen MR) is 60.8 cm³/mol. The Kier molecular flexibility index (Phi) is 3.35. The van der Waals surface area contributed by atoms with Crippen LogP contribution in [0.2, 0.25) is 0 Å². The van der Waals surface area contributed by atoms with Gasteiger partial charge < -0.3 is 10.6 Å². The molecule has 1 fully saturated rings. The number of carbonyl (C=O) groups is 1. The molecule has 88 valence electrons. The maximum absolute atomic E-state index is 13.3. The highest BCUT2D eigenvalue weighted by atomic mass is 19.1. The number of rotatable bonds is 2. The minimum atomic E-state index is -0.621. The third-order valence-electron chi connectivity index (χ3n) is 2.76. The van der Waals surface area contributed by atoms with E-state index in [1.165, 1.54) is 18.2 Å². The summed E-state index contributed by atoms with van der Waals surface area (Å²) in [6.07, 6.45) is 1.72. The van der Waals surface area contributed by atoms with E-state index in [1.54, 1.807) is 6.07 Å². The van der Waals surface area contributed by atoms with Gasteiger partial charge in [-0.25, -0.2) is 4.39 Å². The van der Waals surface area contributed by atoms with Gasteiger partial charge in [0, 0.05) is 0 Å². The molecule has 0 aliphatic carbocycles. The van der Waals surface area contributed by atoms with Crippen LogP contribution in [0.3, 0.4) is 0 Å². The van der Waals surface area contributed by atoms with Crippen LogP contribution in [-0.4, -0.2) is 18.5 Å². The van der Waals surface area contributed by atoms with E-state index in [0.29, 0.717) is 0 Å². The summed E-state index contributed by atoms with van der Waals surface area (Å²) in [5, 5.41) is 14.4. The molecule has 0 bridgehead atoms. The minimum Gasteiger partial charge on any atom is -0.323 e. The standard InChI is InChI=1S/C12H12FN3O/c13-9-3-1-4-10(8(9)7-14)16-12(17)11-5-2-6-15-11/h1,3-4,11,15H,2,5-6H2,(H,16,17). The molecule has 17 heavy (non-hydrogen) atoms. The van der Waals surface area contributed by atoms with Crippen molar-refractivity contribution in [2.24, 2.45) is 0 Å². The fourth-order valence-electron chi connectivity index (χ4n) is 1.87. The molecule has 2 N–H and O–H groups in total. The van der Waals surface area contributed by atoms with Crippen molar-refractivity contribution < 1.29 is 9.18 Å². The maximum Gasteiger partial charge on any atom is 0.241 e. The number of hydrogen-bond donors (Lipinski definition) is 2. The Hall–Kier alpha value is -1.93. The number of hydrogen-bond acceptors (Lipinski definition) is 3. The molecule has 1 amide bonds. The molecule has 1 atom stereocenters. The number of carbonyl (C=O) groups excluding carboxylic acids is 1. The van der Waals surface area contributed by atoms with E-state index in [-0.39, 0.29) is 23.2 Å². The van der Waals surface area contributed by atoms with Crippen molar-refractivity contribution in [1.82, 2.24) is 5.32 Å². The Morgan fingerprint density at radius 1 is 1.59 bits per heavy atom. The van der Waals surface area contributed by atoms with E-state index in [2.05, 4.69) is 10.6 Å². The highest BCUT2D eigenvalue weighted by Crippen LogP contribution is 2.18. The van der Waals surface area contributed by atoms with Crippen molar-refractivity contribution in [2.75, 3.05) is 11.9 Å². The third-order valence-corrected chi connectivity index (χ3v) is 2.76. The first-order valence-electron chi connectivity index (χ1n) is 5.45. The van der Waals surface area contributed by atoms with Crippen molar-refractivity contribution in [1.29, 1.82) is 5.26 Å². The smallest absolute Gasteiger partial charge is 0.241 e. The normalized spacial score (nSPS) is 18.7. The Morgan fingerprint density at radius 3 is 3.06 bits per heavy atom. The lowest BCUT2D eigenvalue weighted by Crippen LogP contribution is -2.35. The van der Waals surface area contributed by atoms with Gasteiger partial charge in [-0.05, 0) is 31.5 Å². The van der Waals surface area contributed by atoms with Crippen LogP contribution in [0.4, 0.5) is 10.1 Å². The summed E-state index contributed by atoms with van der Waals surface area (Å²) >= 11 is 0. The van der Waals surface area contributed by atoms with E-state index < -0.39 is 5.82 Å². The fraction of sp³-hybridized carbons (Fsp3) is 0.333. The van der Waals surface area contributed by atoms with Crippen molar-refractivity contribution in [3.8, 4) is 6.07 Å². The Morgan fingerprint density at radius 2 is 2.41 bits per heavy atom. The molecule has 1 aromatic carbocycles. The molecule has 1 aliphatic rings. The molecule has 5 heteroatoms. The summed E-state index contributed by atoms with van der Waals surface area (Å²) in [4.78, 5) is 11.8. The van der Waals surface area contributed by atoms with E-state index >= 15 is 0 Å². The van der Waals surface area contributed by atoms with E-state index in [4.69, 9.17) is 5.26 Å². The number of nitrogens with one attached hydrogen (secondary N) is 2. The Bertz CT molecular complexity index is 475. The predicted octanol–water partition coefficient (Wildman–Crippen LogP) is 1.39. The van der Waals surface area contributed by atoms with Gasteiger partial charge in [0.1, 0.15) is 17.4 Å². The van der Waals surface area contributed by atoms with Crippen LogP contribution in [0, 0.1) is 17.1 Å². The highest BCUT2D eigenvalue weighted by molar-refractivity contribution is 5.96. The average Bonchev–Trinajstić information content (AvgIpc) is 2.82. The lowest BCUT2D eigenvalue weighted by Gasteiger charge is -2.12. The topological polar surface area (TPSA) is 64.9 Å². The molecule has 2 rings (SSSR count). The summed E-state index contributed by atoms with van der Waals surface area (Å²) in [5.74, 6) is -0.839. The minimum absolute atomic E-state index is 0.126. The van der Waals surface area contributed by atoms with Crippen LogP contribution in [0.1, 0.15) is 18.4 Å². The number of amides is 1. The van der Waals surface area contributed by atoms with Gasteiger partial charge >= 0.3 is 0 Å². The number of nitrogens with zero attached hydrogens (tertiary/aromatic N) is 1. The molecule has 4 nitrogen and oxygen atoms in total. The SMILES string of the molecule is N#Cc1c(F)cccc1NC(=O)C1CCCN1. The van der Waals surface area contributed by atoms with Crippen molar-refractivity contribution in [2.45, 2.75) is 18.9 Å². The van der Waals surface area contributed by atoms with Crippen LogP contribution in [0.5, 0.6) is 0 Å². The van der Waals surface area contributed by atoms with Crippen LogP contribution >= 0.6 is 0 Å². The van der Waals surface area contributed by atoms with Crippen LogP contribution in [-0.2, 0) is 4.79 Å². The number of benzene rings is 1. The monoisotopic (exact) mass is 233 g/mol. The van der Waals surface area contributed by atoms with Gasteiger partial charge in [-0.2, -0.15) is 5.26 Å². The van der Waals surface area contributed by atoms with Gasteiger partial charge in [-0.3, -0.25) is 4.79 Å². The van der Waals surface area contributed by atoms with Crippen LogP contribution < -0.4 is 10.6 Å². The zero-order valence-corrected chi connectivity index (χ0v) is 9.16. The summed E-state index contributed by atoms with van der Waals surface area (Å²) < 4.78 is 13.3. The molecule has 1 saturated heterocycles. The van der Waals surface area contributed by atoms with Gasteiger partial charge in [0.05, 0.1) is 11.7 Å². The second-order valence-corrected chi connectivity index (χ2v) is 3.91. The van der Waals surface area contributed by atoms with Crippen LogP contribution in [0.25, 0.3) is 0 Å². The molecular formula is C12H12FN3O. The average molecular weight is 233 g/mol. The number of nitriles is 1. The van der Waals surface area contributed by atoms with Gasteiger partial charge in [0.25, 0.3) is 0 Å². The third kappa shape index (κ3) is 2.43. The van der Waals surface area contributed by atoms with E-state index in [9.17, 15) is 9.18 Å². The first-order valence-corrected chi connectivity index (χ1v) is 5.45. The zero-order chi connectivity index (χ0) is 12.3.